The summed E-state index contributed by atoms with van der Waals surface area (Å²) in [7, 11) is 0. The molecule has 0 saturated carbocycles. The van der Waals surface area contributed by atoms with E-state index in [1.165, 1.54) is 17.7 Å². The first-order chi connectivity index (χ1) is 14.6. The molecule has 0 atom stereocenters. The second-order valence-electron chi connectivity index (χ2n) is 7.37. The highest BCUT2D eigenvalue weighted by Gasteiger charge is 2.19. The van der Waals surface area contributed by atoms with Crippen LogP contribution in [0.1, 0.15) is 18.2 Å². The van der Waals surface area contributed by atoms with Crippen molar-refractivity contribution in [1.29, 1.82) is 0 Å². The van der Waals surface area contributed by atoms with Gasteiger partial charge in [-0.25, -0.2) is 13.9 Å². The molecule has 2 aromatic carbocycles. The zero-order valence-electron chi connectivity index (χ0n) is 16.9. The average Bonchev–Trinajstić information content (AvgIpc) is 3.42. The molecule has 5 aromatic rings. The van der Waals surface area contributed by atoms with Gasteiger partial charge in [0.15, 0.2) is 5.65 Å². The second kappa shape index (κ2) is 7.26. The Hall–Kier alpha value is -3.73. The number of nitrogens with zero attached hydrogens (tertiary/aromatic N) is 4. The van der Waals surface area contributed by atoms with E-state index in [0.717, 1.165) is 46.0 Å². The van der Waals surface area contributed by atoms with E-state index in [1.807, 2.05) is 39.7 Å². The quantitative estimate of drug-likeness (QED) is 0.381. The topological polar surface area (TPSA) is 35.1 Å². The van der Waals surface area contributed by atoms with Crippen LogP contribution >= 0.6 is 0 Å². The highest BCUT2D eigenvalue weighted by molar-refractivity contribution is 5.82. The summed E-state index contributed by atoms with van der Waals surface area (Å²) in [4.78, 5) is 4.98. The lowest BCUT2D eigenvalue weighted by molar-refractivity contribution is 0.628. The summed E-state index contributed by atoms with van der Waals surface area (Å²) >= 11 is 0. The van der Waals surface area contributed by atoms with Crippen molar-refractivity contribution in [2.45, 2.75) is 20.3 Å². The number of aromatic nitrogens is 4. The Balaban J connectivity index is 1.85. The van der Waals surface area contributed by atoms with Gasteiger partial charge in [-0.05, 0) is 55.3 Å². The van der Waals surface area contributed by atoms with Crippen molar-refractivity contribution >= 4 is 5.65 Å². The molecular weight excluding hydrogens is 375 g/mol. The van der Waals surface area contributed by atoms with E-state index in [-0.39, 0.29) is 5.82 Å². The van der Waals surface area contributed by atoms with E-state index in [1.54, 1.807) is 12.1 Å². The van der Waals surface area contributed by atoms with Crippen LogP contribution in [0.5, 0.6) is 0 Å². The maximum absolute atomic E-state index is 13.6. The molecule has 0 aliphatic heterocycles. The summed E-state index contributed by atoms with van der Waals surface area (Å²) in [6, 6.07) is 20.9. The Labute approximate surface area is 174 Å². The van der Waals surface area contributed by atoms with Crippen LogP contribution in [0.25, 0.3) is 33.8 Å². The summed E-state index contributed by atoms with van der Waals surface area (Å²) in [5.41, 5.74) is 6.88. The molecule has 3 heterocycles. The zero-order chi connectivity index (χ0) is 20.7. The van der Waals surface area contributed by atoms with Crippen molar-refractivity contribution in [3.63, 3.8) is 0 Å². The third kappa shape index (κ3) is 3.08. The van der Waals surface area contributed by atoms with Gasteiger partial charge in [0.05, 0.1) is 11.4 Å². The molecule has 5 heteroatoms. The second-order valence-corrected chi connectivity index (χ2v) is 7.37. The Bertz CT molecular complexity index is 1310. The van der Waals surface area contributed by atoms with Gasteiger partial charge in [0.2, 0.25) is 0 Å². The van der Waals surface area contributed by atoms with Gasteiger partial charge < -0.3 is 4.57 Å². The molecule has 0 fully saturated rings. The fourth-order valence-corrected chi connectivity index (χ4v) is 3.76. The van der Waals surface area contributed by atoms with Crippen LogP contribution < -0.4 is 0 Å². The molecule has 0 aliphatic carbocycles. The average molecular weight is 396 g/mol. The molecule has 0 N–H and O–H groups in total. The van der Waals surface area contributed by atoms with Crippen LogP contribution in [0.4, 0.5) is 4.39 Å². The monoisotopic (exact) mass is 396 g/mol. The first-order valence-electron chi connectivity index (χ1n) is 10.0. The molecule has 0 unspecified atom stereocenters. The number of hydrogen-bond donors (Lipinski definition) is 0. The van der Waals surface area contributed by atoms with Crippen molar-refractivity contribution in [2.75, 3.05) is 0 Å². The lowest BCUT2D eigenvalue weighted by Crippen LogP contribution is -2.02. The number of benzene rings is 2. The first kappa shape index (κ1) is 18.3. The van der Waals surface area contributed by atoms with Crippen LogP contribution in [0, 0.1) is 12.7 Å². The molecule has 0 radical (unpaired) electrons. The van der Waals surface area contributed by atoms with Crippen LogP contribution in [0.3, 0.4) is 0 Å². The standard InChI is InChI=1S/C25H21FN4/c1-3-21-24(19-8-6-17(2)7-9-19)25-27-23(29-14-4-5-15-29)16-22(30(25)28-21)18-10-12-20(26)13-11-18/h4-16H,3H2,1-2H3. The number of aryl methyl sites for hydroxylation is 2. The number of halogens is 1. The smallest absolute Gasteiger partial charge is 0.166 e. The third-order valence-electron chi connectivity index (χ3n) is 5.33. The summed E-state index contributed by atoms with van der Waals surface area (Å²) in [5.74, 6) is 0.535. The Morgan fingerprint density at radius 3 is 2.23 bits per heavy atom. The van der Waals surface area contributed by atoms with Crippen LogP contribution in [0.2, 0.25) is 0 Å². The van der Waals surface area contributed by atoms with Crippen molar-refractivity contribution in [1.82, 2.24) is 19.2 Å². The first-order valence-corrected chi connectivity index (χ1v) is 10.0. The number of hydrogen-bond acceptors (Lipinski definition) is 2. The Kier molecular flexibility index (Phi) is 4.43. The van der Waals surface area contributed by atoms with E-state index < -0.39 is 0 Å². The zero-order valence-corrected chi connectivity index (χ0v) is 16.9. The number of fused-ring (bicyclic) bond motifs is 1. The van der Waals surface area contributed by atoms with Gasteiger partial charge in [-0.15, -0.1) is 0 Å². The predicted octanol–water partition coefficient (Wildman–Crippen LogP) is 5.86. The molecule has 148 valence electrons. The minimum absolute atomic E-state index is 0.260. The summed E-state index contributed by atoms with van der Waals surface area (Å²) in [6.45, 7) is 4.18. The van der Waals surface area contributed by atoms with Gasteiger partial charge in [0.1, 0.15) is 11.6 Å². The molecule has 30 heavy (non-hydrogen) atoms. The Morgan fingerprint density at radius 2 is 1.57 bits per heavy atom. The fraction of sp³-hybridized carbons (Fsp3) is 0.120. The van der Waals surface area contributed by atoms with E-state index in [9.17, 15) is 4.39 Å². The minimum Gasteiger partial charge on any atom is -0.309 e. The van der Waals surface area contributed by atoms with Crippen molar-refractivity contribution in [3.05, 3.63) is 96.2 Å². The molecule has 0 amide bonds. The van der Waals surface area contributed by atoms with Crippen molar-refractivity contribution < 1.29 is 4.39 Å². The predicted molar refractivity (Wildman–Crippen MR) is 117 cm³/mol. The largest absolute Gasteiger partial charge is 0.309 e. The highest BCUT2D eigenvalue weighted by atomic mass is 19.1. The molecule has 0 saturated heterocycles. The lowest BCUT2D eigenvalue weighted by Gasteiger charge is -2.10. The van der Waals surface area contributed by atoms with Crippen molar-refractivity contribution in [2.24, 2.45) is 0 Å². The summed E-state index contributed by atoms with van der Waals surface area (Å²) in [6.07, 6.45) is 4.72. The van der Waals surface area contributed by atoms with E-state index >= 15 is 0 Å². The minimum atomic E-state index is -0.260. The maximum atomic E-state index is 13.6. The van der Waals surface area contributed by atoms with Crippen LogP contribution in [0.15, 0.2) is 79.1 Å². The van der Waals surface area contributed by atoms with Gasteiger partial charge >= 0.3 is 0 Å². The SMILES string of the molecule is CCc1nn2c(-c3ccc(F)cc3)cc(-n3cccc3)nc2c1-c1ccc(C)cc1. The lowest BCUT2D eigenvalue weighted by atomic mass is 10.0. The summed E-state index contributed by atoms with van der Waals surface area (Å²) in [5, 5.41) is 4.90. The van der Waals surface area contributed by atoms with E-state index in [0.29, 0.717) is 0 Å². The molecule has 0 bridgehead atoms. The maximum Gasteiger partial charge on any atom is 0.166 e. The molecule has 0 aliphatic rings. The molecule has 3 aromatic heterocycles. The van der Waals surface area contributed by atoms with Gasteiger partial charge in [-0.3, -0.25) is 0 Å². The van der Waals surface area contributed by atoms with Gasteiger partial charge in [0.25, 0.3) is 0 Å². The Morgan fingerprint density at radius 1 is 0.900 bits per heavy atom. The number of rotatable bonds is 4. The molecule has 0 spiro atoms. The normalized spacial score (nSPS) is 11.3. The summed E-state index contributed by atoms with van der Waals surface area (Å²) < 4.78 is 17.4. The third-order valence-corrected chi connectivity index (χ3v) is 5.33. The van der Waals surface area contributed by atoms with Gasteiger partial charge in [-0.1, -0.05) is 36.8 Å². The van der Waals surface area contributed by atoms with E-state index in [4.69, 9.17) is 10.1 Å². The highest BCUT2D eigenvalue weighted by Crippen LogP contribution is 2.32. The van der Waals surface area contributed by atoms with Gasteiger partial charge in [0, 0.05) is 29.6 Å². The molecule has 4 nitrogen and oxygen atoms in total. The fourth-order valence-electron chi connectivity index (χ4n) is 3.76. The van der Waals surface area contributed by atoms with Crippen LogP contribution in [-0.2, 0) is 6.42 Å². The van der Waals surface area contributed by atoms with Gasteiger partial charge in [-0.2, -0.15) is 5.10 Å². The molecular formula is C25H21FN4. The van der Waals surface area contributed by atoms with E-state index in [2.05, 4.69) is 38.1 Å². The van der Waals surface area contributed by atoms with Crippen LogP contribution in [-0.4, -0.2) is 19.2 Å². The van der Waals surface area contributed by atoms with Crippen molar-refractivity contribution in [3.8, 4) is 28.2 Å². The molecule has 5 rings (SSSR count).